The summed E-state index contributed by atoms with van der Waals surface area (Å²) in [4.78, 5) is 28.6. The molecule has 0 spiro atoms. The van der Waals surface area contributed by atoms with E-state index in [4.69, 9.17) is 4.74 Å². The lowest BCUT2D eigenvalue weighted by molar-refractivity contribution is -0.128. The van der Waals surface area contributed by atoms with Gasteiger partial charge in [0.15, 0.2) is 9.84 Å². The third-order valence-electron chi connectivity index (χ3n) is 4.88. The number of hydrogen-bond acceptors (Lipinski definition) is 5. The third kappa shape index (κ3) is 6.22. The van der Waals surface area contributed by atoms with Gasteiger partial charge in [0.1, 0.15) is 11.5 Å². The number of nitrogens with zero attached hydrogens (tertiary/aromatic N) is 2. The summed E-state index contributed by atoms with van der Waals surface area (Å²) in [5, 5.41) is 0. The van der Waals surface area contributed by atoms with E-state index in [1.807, 2.05) is 6.92 Å². The predicted molar refractivity (Wildman–Crippen MR) is 108 cm³/mol. The number of carbonyl (C=O) groups excluding carboxylic acids is 2. The van der Waals surface area contributed by atoms with Crippen molar-refractivity contribution in [3.05, 3.63) is 29.8 Å². The summed E-state index contributed by atoms with van der Waals surface area (Å²) < 4.78 is 29.6. The molecule has 156 valence electrons. The minimum Gasteiger partial charge on any atom is -0.496 e. The Labute approximate surface area is 167 Å². The standard InChI is InChI=1S/C20H30N2O5S/c1-3-4-7-15-28(25,26)16-19(23)21-11-8-12-22(14-13-21)20(24)17-9-5-6-10-18(17)27-2/h5-6,9-10H,3-4,7-8,11-16H2,1-2H3. The molecular formula is C20H30N2O5S. The van der Waals surface area contributed by atoms with Crippen LogP contribution < -0.4 is 4.74 Å². The first-order valence-corrected chi connectivity index (χ1v) is 11.6. The number of methoxy groups -OCH3 is 1. The average molecular weight is 411 g/mol. The van der Waals surface area contributed by atoms with Gasteiger partial charge >= 0.3 is 0 Å². The van der Waals surface area contributed by atoms with Gasteiger partial charge in [0.2, 0.25) is 5.91 Å². The van der Waals surface area contributed by atoms with Crippen molar-refractivity contribution in [1.29, 1.82) is 0 Å². The van der Waals surface area contributed by atoms with Crippen LogP contribution in [0.2, 0.25) is 0 Å². The fourth-order valence-electron chi connectivity index (χ4n) is 3.29. The monoisotopic (exact) mass is 410 g/mol. The lowest BCUT2D eigenvalue weighted by atomic mass is 10.1. The molecule has 0 atom stereocenters. The van der Waals surface area contributed by atoms with Gasteiger partial charge < -0.3 is 14.5 Å². The average Bonchev–Trinajstić information content (AvgIpc) is 2.93. The number of rotatable bonds is 8. The molecule has 0 saturated carbocycles. The van der Waals surface area contributed by atoms with Gasteiger partial charge in [-0.15, -0.1) is 0 Å². The summed E-state index contributed by atoms with van der Waals surface area (Å²) in [5.41, 5.74) is 0.489. The van der Waals surface area contributed by atoms with E-state index in [1.54, 1.807) is 34.1 Å². The molecule has 2 amide bonds. The summed E-state index contributed by atoms with van der Waals surface area (Å²) in [6, 6.07) is 7.05. The zero-order valence-electron chi connectivity index (χ0n) is 16.7. The topological polar surface area (TPSA) is 84.0 Å². The zero-order valence-corrected chi connectivity index (χ0v) is 17.5. The Morgan fingerprint density at radius 2 is 1.71 bits per heavy atom. The van der Waals surface area contributed by atoms with Gasteiger partial charge in [-0.05, 0) is 25.0 Å². The van der Waals surface area contributed by atoms with Crippen molar-refractivity contribution in [2.45, 2.75) is 32.6 Å². The first-order valence-electron chi connectivity index (χ1n) is 9.78. The number of carbonyl (C=O) groups is 2. The Morgan fingerprint density at radius 3 is 2.43 bits per heavy atom. The van der Waals surface area contributed by atoms with Crippen molar-refractivity contribution in [2.24, 2.45) is 0 Å². The van der Waals surface area contributed by atoms with Crippen LogP contribution >= 0.6 is 0 Å². The highest BCUT2D eigenvalue weighted by Crippen LogP contribution is 2.20. The maximum atomic E-state index is 12.8. The molecule has 2 rings (SSSR count). The fourth-order valence-corrected chi connectivity index (χ4v) is 4.63. The molecule has 1 heterocycles. The van der Waals surface area contributed by atoms with Crippen LogP contribution in [-0.2, 0) is 14.6 Å². The van der Waals surface area contributed by atoms with Gasteiger partial charge in [-0.25, -0.2) is 8.42 Å². The van der Waals surface area contributed by atoms with Gasteiger partial charge in [-0.3, -0.25) is 9.59 Å². The molecule has 8 heteroatoms. The molecule has 1 aliphatic rings. The smallest absolute Gasteiger partial charge is 0.257 e. The molecule has 1 aromatic carbocycles. The molecule has 1 aromatic rings. The van der Waals surface area contributed by atoms with Gasteiger partial charge in [-0.2, -0.15) is 0 Å². The molecule has 0 aliphatic carbocycles. The minimum absolute atomic E-state index is 0.0544. The Hall–Kier alpha value is -2.09. The molecule has 28 heavy (non-hydrogen) atoms. The summed E-state index contributed by atoms with van der Waals surface area (Å²) in [6.45, 7) is 3.69. The minimum atomic E-state index is -3.38. The Bertz CT molecular complexity index is 779. The summed E-state index contributed by atoms with van der Waals surface area (Å²) in [7, 11) is -1.86. The van der Waals surface area contributed by atoms with E-state index in [9.17, 15) is 18.0 Å². The molecule has 1 aliphatic heterocycles. The van der Waals surface area contributed by atoms with Crippen molar-refractivity contribution >= 4 is 21.7 Å². The molecule has 0 aromatic heterocycles. The van der Waals surface area contributed by atoms with Crippen LogP contribution in [0.15, 0.2) is 24.3 Å². The number of unbranched alkanes of at least 4 members (excludes halogenated alkanes) is 2. The second-order valence-electron chi connectivity index (χ2n) is 7.03. The highest BCUT2D eigenvalue weighted by molar-refractivity contribution is 7.92. The molecule has 1 fully saturated rings. The fraction of sp³-hybridized carbons (Fsp3) is 0.600. The van der Waals surface area contributed by atoms with Gasteiger partial charge in [0.05, 0.1) is 18.4 Å². The second kappa shape index (κ2) is 10.5. The Morgan fingerprint density at radius 1 is 1.04 bits per heavy atom. The normalized spacial score (nSPS) is 15.2. The third-order valence-corrected chi connectivity index (χ3v) is 6.47. The van der Waals surface area contributed by atoms with Gasteiger partial charge in [0.25, 0.3) is 5.91 Å². The van der Waals surface area contributed by atoms with Crippen molar-refractivity contribution in [3.8, 4) is 5.75 Å². The highest BCUT2D eigenvalue weighted by Gasteiger charge is 2.26. The van der Waals surface area contributed by atoms with E-state index in [0.29, 0.717) is 50.3 Å². The SMILES string of the molecule is CCCCCS(=O)(=O)CC(=O)N1CCCN(C(=O)c2ccccc2OC)CC1. The van der Waals surface area contributed by atoms with Gasteiger partial charge in [0, 0.05) is 26.2 Å². The predicted octanol–water partition coefficient (Wildman–Crippen LogP) is 1.97. The van der Waals surface area contributed by atoms with Crippen LogP contribution in [0.4, 0.5) is 0 Å². The Kier molecular flexibility index (Phi) is 8.29. The van der Waals surface area contributed by atoms with Crippen molar-refractivity contribution in [3.63, 3.8) is 0 Å². The van der Waals surface area contributed by atoms with E-state index >= 15 is 0 Å². The highest BCUT2D eigenvalue weighted by atomic mass is 32.2. The first-order chi connectivity index (χ1) is 13.4. The number of amides is 2. The van der Waals surface area contributed by atoms with Gasteiger partial charge in [-0.1, -0.05) is 31.9 Å². The number of hydrogen-bond donors (Lipinski definition) is 0. The lowest BCUT2D eigenvalue weighted by Gasteiger charge is -2.23. The molecule has 0 unspecified atom stereocenters. The quantitative estimate of drug-likeness (QED) is 0.612. The summed E-state index contributed by atoms with van der Waals surface area (Å²) >= 11 is 0. The maximum Gasteiger partial charge on any atom is 0.257 e. The number of para-hydroxylation sites is 1. The van der Waals surface area contributed by atoms with Crippen LogP contribution in [0.5, 0.6) is 5.75 Å². The van der Waals surface area contributed by atoms with Crippen molar-refractivity contribution < 1.29 is 22.7 Å². The summed E-state index contributed by atoms with van der Waals surface area (Å²) in [6.07, 6.45) is 2.98. The second-order valence-corrected chi connectivity index (χ2v) is 9.21. The molecule has 0 N–H and O–H groups in total. The number of benzene rings is 1. The van der Waals surface area contributed by atoms with E-state index in [-0.39, 0.29) is 17.6 Å². The Balaban J connectivity index is 1.95. The van der Waals surface area contributed by atoms with Crippen LogP contribution in [-0.4, -0.2) is 74.8 Å². The van der Waals surface area contributed by atoms with Crippen LogP contribution in [0, 0.1) is 0 Å². The van der Waals surface area contributed by atoms with Crippen LogP contribution in [0.3, 0.4) is 0 Å². The van der Waals surface area contributed by atoms with Crippen LogP contribution in [0.1, 0.15) is 43.0 Å². The van der Waals surface area contributed by atoms with E-state index in [0.717, 1.165) is 12.8 Å². The summed E-state index contributed by atoms with van der Waals surface area (Å²) in [5.74, 6) is -0.388. The number of sulfone groups is 1. The maximum absolute atomic E-state index is 12.8. The lowest BCUT2D eigenvalue weighted by Crippen LogP contribution is -2.40. The van der Waals surface area contributed by atoms with Crippen LogP contribution in [0.25, 0.3) is 0 Å². The molecule has 0 radical (unpaired) electrons. The van der Waals surface area contributed by atoms with E-state index in [1.165, 1.54) is 7.11 Å². The van der Waals surface area contributed by atoms with Crippen molar-refractivity contribution in [2.75, 3.05) is 44.8 Å². The molecule has 0 bridgehead atoms. The van der Waals surface area contributed by atoms with E-state index in [2.05, 4.69) is 0 Å². The molecular weight excluding hydrogens is 380 g/mol. The largest absolute Gasteiger partial charge is 0.496 e. The molecule has 7 nitrogen and oxygen atoms in total. The first kappa shape index (κ1) is 22.2. The van der Waals surface area contributed by atoms with Crippen molar-refractivity contribution in [1.82, 2.24) is 9.80 Å². The zero-order chi connectivity index (χ0) is 20.6. The molecule has 1 saturated heterocycles. The number of ether oxygens (including phenoxy) is 1. The van der Waals surface area contributed by atoms with E-state index < -0.39 is 15.6 Å².